The van der Waals surface area contributed by atoms with Gasteiger partial charge in [0.25, 0.3) is 5.91 Å². The lowest BCUT2D eigenvalue weighted by Crippen LogP contribution is -2.29. The number of carbonyl (C=O) groups is 1. The number of aliphatic imine (C=N–C) groups is 1. The molecule has 0 radical (unpaired) electrons. The van der Waals surface area contributed by atoms with E-state index in [2.05, 4.69) is 20.9 Å². The van der Waals surface area contributed by atoms with Crippen LogP contribution in [0.1, 0.15) is 19.1 Å². The van der Waals surface area contributed by atoms with E-state index in [0.717, 1.165) is 12.1 Å². The molecule has 1 saturated heterocycles. The summed E-state index contributed by atoms with van der Waals surface area (Å²) >= 11 is 4.65. The van der Waals surface area contributed by atoms with Crippen molar-refractivity contribution in [2.75, 3.05) is 6.54 Å². The average Bonchev–Trinajstić information content (AvgIpc) is 3.08. The molecule has 1 amide bonds. The minimum atomic E-state index is -0.0287. The molecular formula is C17H15BrN2O2S. The molecule has 1 fully saturated rings. The lowest BCUT2D eigenvalue weighted by atomic mass is 10.3. The molecule has 1 aliphatic heterocycles. The van der Waals surface area contributed by atoms with Crippen LogP contribution in [0.4, 0.5) is 5.69 Å². The third-order valence-electron chi connectivity index (χ3n) is 3.18. The fraction of sp³-hybridized carbons (Fsp3) is 0.176. The number of amidine groups is 1. The molecule has 1 aromatic carbocycles. The molecule has 0 N–H and O–H groups in total. The highest BCUT2D eigenvalue weighted by Crippen LogP contribution is 2.34. The number of benzene rings is 1. The van der Waals surface area contributed by atoms with E-state index in [1.54, 1.807) is 17.0 Å². The number of halogens is 1. The number of thioether (sulfide) groups is 1. The lowest BCUT2D eigenvalue weighted by molar-refractivity contribution is -0.122. The summed E-state index contributed by atoms with van der Waals surface area (Å²) < 4.78 is 6.10. The molecule has 0 aliphatic carbocycles. The van der Waals surface area contributed by atoms with Crippen LogP contribution in [0.2, 0.25) is 0 Å². The van der Waals surface area contributed by atoms with Gasteiger partial charge in [-0.1, -0.05) is 25.1 Å². The highest BCUT2D eigenvalue weighted by Gasteiger charge is 2.33. The van der Waals surface area contributed by atoms with E-state index in [-0.39, 0.29) is 5.91 Å². The Balaban J connectivity index is 1.92. The molecule has 2 heterocycles. The van der Waals surface area contributed by atoms with Crippen LogP contribution >= 0.6 is 27.7 Å². The summed E-state index contributed by atoms with van der Waals surface area (Å²) in [4.78, 5) is 19.6. The van der Waals surface area contributed by atoms with Gasteiger partial charge in [0.05, 0.1) is 10.6 Å². The Labute approximate surface area is 147 Å². The maximum atomic E-state index is 12.6. The van der Waals surface area contributed by atoms with Crippen molar-refractivity contribution in [3.8, 4) is 0 Å². The molecule has 1 aromatic heterocycles. The first-order chi connectivity index (χ1) is 11.2. The Morgan fingerprint density at radius 1 is 1.26 bits per heavy atom. The van der Waals surface area contributed by atoms with Gasteiger partial charge >= 0.3 is 0 Å². The van der Waals surface area contributed by atoms with Gasteiger partial charge in [-0.15, -0.1) is 0 Å². The van der Waals surface area contributed by atoms with Gasteiger partial charge in [-0.3, -0.25) is 9.69 Å². The Morgan fingerprint density at radius 3 is 2.70 bits per heavy atom. The van der Waals surface area contributed by atoms with E-state index < -0.39 is 0 Å². The zero-order valence-corrected chi connectivity index (χ0v) is 14.9. The van der Waals surface area contributed by atoms with E-state index in [4.69, 9.17) is 4.42 Å². The summed E-state index contributed by atoms with van der Waals surface area (Å²) in [7, 11) is 0. The summed E-state index contributed by atoms with van der Waals surface area (Å²) in [5, 5.41) is 0.708. The van der Waals surface area contributed by atoms with Crippen molar-refractivity contribution in [1.82, 2.24) is 4.90 Å². The summed E-state index contributed by atoms with van der Waals surface area (Å²) in [6, 6.07) is 13.3. The minimum absolute atomic E-state index is 0.0287. The number of para-hydroxylation sites is 1. The number of hydrogen-bond donors (Lipinski definition) is 0. The van der Waals surface area contributed by atoms with Gasteiger partial charge in [-0.2, -0.15) is 0 Å². The molecular weight excluding hydrogens is 376 g/mol. The smallest absolute Gasteiger partial charge is 0.266 e. The number of rotatable bonds is 4. The number of hydrogen-bond acceptors (Lipinski definition) is 4. The number of carbonyl (C=O) groups excluding carboxylic acids is 1. The van der Waals surface area contributed by atoms with Crippen molar-refractivity contribution in [2.45, 2.75) is 13.3 Å². The van der Waals surface area contributed by atoms with Gasteiger partial charge in [-0.25, -0.2) is 4.99 Å². The molecule has 0 bridgehead atoms. The molecule has 23 heavy (non-hydrogen) atoms. The Bertz CT molecular complexity index is 768. The topological polar surface area (TPSA) is 45.8 Å². The van der Waals surface area contributed by atoms with Gasteiger partial charge in [0.1, 0.15) is 5.76 Å². The molecule has 0 atom stereocenters. The number of amides is 1. The van der Waals surface area contributed by atoms with Gasteiger partial charge in [0.2, 0.25) is 0 Å². The van der Waals surface area contributed by atoms with Crippen molar-refractivity contribution >= 4 is 50.5 Å². The average molecular weight is 391 g/mol. The SMILES string of the molecule is CCCN1C(=O)/C(=C\c2ccc(Br)o2)SC1=Nc1ccccc1. The summed E-state index contributed by atoms with van der Waals surface area (Å²) in [5.74, 6) is 0.615. The Kier molecular flexibility index (Phi) is 5.03. The fourth-order valence-electron chi connectivity index (χ4n) is 2.16. The standard InChI is InChI=1S/C17H15BrN2O2S/c1-2-10-20-16(21)14(11-13-8-9-15(18)22-13)23-17(20)19-12-6-4-3-5-7-12/h3-9,11H,2,10H2,1H3/b14-11+,19-17?. The van der Waals surface area contributed by atoms with E-state index in [1.165, 1.54) is 11.8 Å². The van der Waals surface area contributed by atoms with E-state index in [0.29, 0.717) is 27.0 Å². The molecule has 1 aliphatic rings. The first-order valence-electron chi connectivity index (χ1n) is 7.28. The van der Waals surface area contributed by atoms with Crippen LogP contribution in [0.3, 0.4) is 0 Å². The molecule has 0 unspecified atom stereocenters. The van der Waals surface area contributed by atoms with Crippen LogP contribution in [-0.2, 0) is 4.79 Å². The van der Waals surface area contributed by atoms with Crippen LogP contribution < -0.4 is 0 Å². The highest BCUT2D eigenvalue weighted by atomic mass is 79.9. The first-order valence-corrected chi connectivity index (χ1v) is 8.89. The van der Waals surface area contributed by atoms with Gasteiger partial charge in [-0.05, 0) is 58.4 Å². The zero-order chi connectivity index (χ0) is 16.2. The Morgan fingerprint density at radius 2 is 2.04 bits per heavy atom. The number of furan rings is 1. The van der Waals surface area contributed by atoms with E-state index in [9.17, 15) is 4.79 Å². The second-order valence-corrected chi connectivity index (χ2v) is 6.73. The monoisotopic (exact) mass is 390 g/mol. The summed E-state index contributed by atoms with van der Waals surface area (Å²) in [6.07, 6.45) is 2.63. The van der Waals surface area contributed by atoms with E-state index >= 15 is 0 Å². The minimum Gasteiger partial charge on any atom is -0.450 e. The largest absolute Gasteiger partial charge is 0.450 e. The van der Waals surface area contributed by atoms with Crippen molar-refractivity contribution < 1.29 is 9.21 Å². The molecule has 3 rings (SSSR count). The van der Waals surface area contributed by atoms with Gasteiger partial charge in [0, 0.05) is 12.6 Å². The van der Waals surface area contributed by atoms with Crippen molar-refractivity contribution in [1.29, 1.82) is 0 Å². The molecule has 6 heteroatoms. The quantitative estimate of drug-likeness (QED) is 0.685. The predicted molar refractivity (Wildman–Crippen MR) is 97.5 cm³/mol. The van der Waals surface area contributed by atoms with Crippen LogP contribution in [0.5, 0.6) is 0 Å². The normalized spacial score (nSPS) is 18.3. The van der Waals surface area contributed by atoms with E-state index in [1.807, 2.05) is 43.3 Å². The fourth-order valence-corrected chi connectivity index (χ4v) is 3.48. The van der Waals surface area contributed by atoms with Crippen molar-refractivity contribution in [3.63, 3.8) is 0 Å². The summed E-state index contributed by atoms with van der Waals surface area (Å²) in [5.41, 5.74) is 0.839. The predicted octanol–water partition coefficient (Wildman–Crippen LogP) is 5.06. The van der Waals surface area contributed by atoms with Crippen LogP contribution in [0.25, 0.3) is 6.08 Å². The van der Waals surface area contributed by atoms with Crippen LogP contribution in [0.15, 0.2) is 61.4 Å². The van der Waals surface area contributed by atoms with Gasteiger partial charge < -0.3 is 4.42 Å². The Hall–Kier alpha value is -1.79. The second kappa shape index (κ2) is 7.19. The molecule has 2 aromatic rings. The lowest BCUT2D eigenvalue weighted by Gasteiger charge is -2.13. The molecule has 118 valence electrons. The van der Waals surface area contributed by atoms with Crippen LogP contribution in [-0.4, -0.2) is 22.5 Å². The highest BCUT2D eigenvalue weighted by molar-refractivity contribution is 9.10. The molecule has 0 spiro atoms. The third kappa shape index (κ3) is 3.76. The maximum Gasteiger partial charge on any atom is 0.266 e. The van der Waals surface area contributed by atoms with Crippen LogP contribution in [0, 0.1) is 0 Å². The van der Waals surface area contributed by atoms with Crippen molar-refractivity contribution in [2.24, 2.45) is 4.99 Å². The molecule has 0 saturated carbocycles. The first kappa shape index (κ1) is 16.1. The third-order valence-corrected chi connectivity index (χ3v) is 4.62. The summed E-state index contributed by atoms with van der Waals surface area (Å²) in [6.45, 7) is 2.69. The second-order valence-electron chi connectivity index (χ2n) is 4.94. The zero-order valence-electron chi connectivity index (χ0n) is 12.5. The maximum absolute atomic E-state index is 12.6. The number of nitrogens with zero attached hydrogens (tertiary/aromatic N) is 2. The van der Waals surface area contributed by atoms with Gasteiger partial charge in [0.15, 0.2) is 9.84 Å². The molecule has 4 nitrogen and oxygen atoms in total. The van der Waals surface area contributed by atoms with Crippen molar-refractivity contribution in [3.05, 3.63) is 57.8 Å².